The summed E-state index contributed by atoms with van der Waals surface area (Å²) in [6.07, 6.45) is -4.33. The Morgan fingerprint density at radius 2 is 2.04 bits per heavy atom. The van der Waals surface area contributed by atoms with E-state index in [1.54, 1.807) is 0 Å². The molecule has 1 aliphatic carbocycles. The van der Waals surface area contributed by atoms with Crippen molar-refractivity contribution in [2.45, 2.75) is 37.8 Å². The van der Waals surface area contributed by atoms with Crippen molar-refractivity contribution in [2.75, 3.05) is 18.8 Å². The third-order valence-electron chi connectivity index (χ3n) is 4.66. The third kappa shape index (κ3) is 2.67. The van der Waals surface area contributed by atoms with Crippen LogP contribution in [-0.4, -0.2) is 47.9 Å². The number of nitrogens with zero attached hydrogens (tertiary/aromatic N) is 4. The Kier molecular flexibility index (Phi) is 3.69. The second-order valence-electron chi connectivity index (χ2n) is 6.46. The van der Waals surface area contributed by atoms with Gasteiger partial charge in [0.15, 0.2) is 11.2 Å². The van der Waals surface area contributed by atoms with Gasteiger partial charge >= 0.3 is 6.18 Å². The predicted molar refractivity (Wildman–Crippen MR) is 74.0 cm³/mol. The van der Waals surface area contributed by atoms with E-state index in [0.717, 1.165) is 4.31 Å². The molecule has 2 fully saturated rings. The first kappa shape index (κ1) is 17.2. The fourth-order valence-corrected chi connectivity index (χ4v) is 4.93. The van der Waals surface area contributed by atoms with E-state index in [0.29, 0.717) is 12.8 Å². The van der Waals surface area contributed by atoms with E-state index in [1.807, 2.05) is 6.07 Å². The quantitative estimate of drug-likeness (QED) is 0.803. The van der Waals surface area contributed by atoms with Gasteiger partial charge < -0.3 is 4.52 Å². The maximum atomic E-state index is 13.7. The average Bonchev–Trinajstić information content (AvgIpc) is 2.88. The zero-order valence-electron chi connectivity index (χ0n) is 12.8. The van der Waals surface area contributed by atoms with E-state index < -0.39 is 51.6 Å². The first-order valence-electron chi connectivity index (χ1n) is 7.30. The van der Waals surface area contributed by atoms with Crippen LogP contribution in [0.4, 0.5) is 13.2 Å². The molecule has 1 atom stereocenters. The standard InChI is InChI=1S/C13H15F3N4O3S/c1-9-18-10(23-19-9)12(13(14,15)16)4-5-20(7-12)24(21,22)8-11(6-17)2-3-11/h2-5,7-8H2,1H3. The summed E-state index contributed by atoms with van der Waals surface area (Å²) in [4.78, 5) is 3.68. The largest absolute Gasteiger partial charge is 0.404 e. The van der Waals surface area contributed by atoms with Gasteiger partial charge in [-0.2, -0.15) is 23.4 Å². The van der Waals surface area contributed by atoms with Crippen molar-refractivity contribution in [3.05, 3.63) is 11.7 Å². The minimum Gasteiger partial charge on any atom is -0.338 e. The van der Waals surface area contributed by atoms with Gasteiger partial charge in [-0.05, 0) is 26.2 Å². The van der Waals surface area contributed by atoms with Crippen LogP contribution >= 0.6 is 0 Å². The highest BCUT2D eigenvalue weighted by Gasteiger charge is 2.64. The number of rotatable bonds is 4. The molecule has 0 amide bonds. The van der Waals surface area contributed by atoms with Crippen LogP contribution in [0.2, 0.25) is 0 Å². The zero-order chi connectivity index (χ0) is 17.8. The molecule has 7 nitrogen and oxygen atoms in total. The molecule has 3 rings (SSSR count). The number of alkyl halides is 3. The molecular formula is C13H15F3N4O3S. The molecule has 11 heteroatoms. The van der Waals surface area contributed by atoms with E-state index >= 15 is 0 Å². The van der Waals surface area contributed by atoms with Crippen molar-refractivity contribution in [2.24, 2.45) is 5.41 Å². The summed E-state index contributed by atoms with van der Waals surface area (Å²) in [5, 5.41) is 12.4. The highest BCUT2D eigenvalue weighted by atomic mass is 32.2. The lowest BCUT2D eigenvalue weighted by Gasteiger charge is -2.28. The van der Waals surface area contributed by atoms with E-state index in [9.17, 15) is 21.6 Å². The average molecular weight is 364 g/mol. The lowest BCUT2D eigenvalue weighted by molar-refractivity contribution is -0.192. The summed E-state index contributed by atoms with van der Waals surface area (Å²) in [6.45, 7) is 0.289. The van der Waals surface area contributed by atoms with Gasteiger partial charge in [0.25, 0.3) is 0 Å². The monoisotopic (exact) mass is 364 g/mol. The van der Waals surface area contributed by atoms with Gasteiger partial charge in [-0.25, -0.2) is 12.7 Å². The van der Waals surface area contributed by atoms with Crippen LogP contribution in [0.5, 0.6) is 0 Å². The van der Waals surface area contributed by atoms with Crippen molar-refractivity contribution in [1.82, 2.24) is 14.4 Å². The van der Waals surface area contributed by atoms with Gasteiger partial charge in [-0.3, -0.25) is 0 Å². The third-order valence-corrected chi connectivity index (χ3v) is 6.67. The molecule has 1 aliphatic heterocycles. The Balaban J connectivity index is 1.90. The van der Waals surface area contributed by atoms with Crippen molar-refractivity contribution >= 4 is 10.0 Å². The van der Waals surface area contributed by atoms with E-state index in [4.69, 9.17) is 9.78 Å². The van der Waals surface area contributed by atoms with Crippen LogP contribution in [0.1, 0.15) is 31.0 Å². The number of halogens is 3. The summed E-state index contributed by atoms with van der Waals surface area (Å²) in [6, 6.07) is 1.95. The molecule has 132 valence electrons. The maximum absolute atomic E-state index is 13.7. The topological polar surface area (TPSA) is 100 Å². The van der Waals surface area contributed by atoms with Crippen molar-refractivity contribution in [1.29, 1.82) is 5.26 Å². The zero-order valence-corrected chi connectivity index (χ0v) is 13.6. The summed E-state index contributed by atoms with van der Waals surface area (Å²) in [5.41, 5.74) is -3.46. The van der Waals surface area contributed by atoms with Crippen LogP contribution in [0.25, 0.3) is 0 Å². The Morgan fingerprint density at radius 1 is 1.38 bits per heavy atom. The number of aromatic nitrogens is 2. The SMILES string of the molecule is Cc1noc(C2(C(F)(F)F)CCN(S(=O)(=O)CC3(C#N)CC3)C2)n1. The smallest absolute Gasteiger partial charge is 0.338 e. The molecule has 0 spiro atoms. The Bertz CT molecular complexity index is 794. The summed E-state index contributed by atoms with van der Waals surface area (Å²) < 4.78 is 71.4. The number of aryl methyl sites for hydroxylation is 1. The number of sulfonamides is 1. The Labute approximate surface area is 136 Å². The molecule has 2 aliphatic rings. The first-order valence-corrected chi connectivity index (χ1v) is 8.91. The lowest BCUT2D eigenvalue weighted by Crippen LogP contribution is -2.46. The maximum Gasteiger partial charge on any atom is 0.404 e. The number of hydrogen-bond acceptors (Lipinski definition) is 6. The number of nitriles is 1. The van der Waals surface area contributed by atoms with Gasteiger partial charge in [0.1, 0.15) is 0 Å². The minimum atomic E-state index is -4.73. The predicted octanol–water partition coefficient (Wildman–Crippen LogP) is 1.52. The summed E-state index contributed by atoms with van der Waals surface area (Å²) in [7, 11) is -3.98. The van der Waals surface area contributed by atoms with E-state index in [2.05, 4.69) is 10.1 Å². The van der Waals surface area contributed by atoms with Crippen molar-refractivity contribution in [3.63, 3.8) is 0 Å². The van der Waals surface area contributed by atoms with Crippen LogP contribution in [-0.2, 0) is 15.4 Å². The molecule has 1 saturated carbocycles. The van der Waals surface area contributed by atoms with Crippen LogP contribution in [0.15, 0.2) is 4.52 Å². The fraction of sp³-hybridized carbons (Fsp3) is 0.769. The molecule has 0 aromatic carbocycles. The molecular weight excluding hydrogens is 349 g/mol. The van der Waals surface area contributed by atoms with Gasteiger partial charge in [0.2, 0.25) is 15.9 Å². The van der Waals surface area contributed by atoms with Crippen LogP contribution in [0.3, 0.4) is 0 Å². The summed E-state index contributed by atoms with van der Waals surface area (Å²) >= 11 is 0. The molecule has 1 unspecified atom stereocenters. The molecule has 1 aromatic rings. The van der Waals surface area contributed by atoms with Gasteiger partial charge in [0.05, 0.1) is 17.2 Å². The molecule has 0 N–H and O–H groups in total. The van der Waals surface area contributed by atoms with E-state index in [-0.39, 0.29) is 12.4 Å². The summed E-state index contributed by atoms with van der Waals surface area (Å²) in [5.74, 6) is -1.02. The van der Waals surface area contributed by atoms with Gasteiger partial charge in [-0.1, -0.05) is 5.16 Å². The first-order chi connectivity index (χ1) is 11.0. The molecule has 1 saturated heterocycles. The van der Waals surface area contributed by atoms with Crippen molar-refractivity contribution < 1.29 is 26.1 Å². The molecule has 0 radical (unpaired) electrons. The Hall–Kier alpha value is -1.67. The number of hydrogen-bond donors (Lipinski definition) is 0. The normalized spacial score (nSPS) is 27.1. The lowest BCUT2D eigenvalue weighted by atomic mass is 9.86. The highest BCUT2D eigenvalue weighted by Crippen LogP contribution is 2.50. The van der Waals surface area contributed by atoms with Gasteiger partial charge in [-0.15, -0.1) is 0 Å². The van der Waals surface area contributed by atoms with Crippen LogP contribution < -0.4 is 0 Å². The minimum absolute atomic E-state index is 0.0522. The second-order valence-corrected chi connectivity index (χ2v) is 8.43. The van der Waals surface area contributed by atoms with Crippen LogP contribution in [0, 0.1) is 23.7 Å². The Morgan fingerprint density at radius 3 is 2.50 bits per heavy atom. The molecule has 24 heavy (non-hydrogen) atoms. The second kappa shape index (κ2) is 5.16. The molecule has 0 bridgehead atoms. The van der Waals surface area contributed by atoms with Gasteiger partial charge in [0, 0.05) is 13.1 Å². The molecule has 1 aromatic heterocycles. The highest BCUT2D eigenvalue weighted by molar-refractivity contribution is 7.89. The fourth-order valence-electron chi connectivity index (χ4n) is 2.91. The van der Waals surface area contributed by atoms with Crippen molar-refractivity contribution in [3.8, 4) is 6.07 Å². The van der Waals surface area contributed by atoms with E-state index in [1.165, 1.54) is 6.92 Å². The molecule has 2 heterocycles.